The Hall–Kier alpha value is -1.12. The molecule has 0 saturated heterocycles. The van der Waals surface area contributed by atoms with E-state index in [1.165, 1.54) is 0 Å². The lowest BCUT2D eigenvalue weighted by Gasteiger charge is -1.73. The van der Waals surface area contributed by atoms with Gasteiger partial charge in [-0.05, 0) is 6.72 Å². The highest BCUT2D eigenvalue weighted by Crippen LogP contribution is 1.99. The molecule has 1 heterocycles. The number of nitrogens with zero attached hydrogens (tertiary/aromatic N) is 2. The summed E-state index contributed by atoms with van der Waals surface area (Å²) in [5.41, 5.74) is 0. The number of aromatic amines is 1. The van der Waals surface area contributed by atoms with Gasteiger partial charge < -0.3 is 0 Å². The minimum absolute atomic E-state index is 0.708. The summed E-state index contributed by atoms with van der Waals surface area (Å²) in [7, 11) is 0. The highest BCUT2D eigenvalue weighted by atomic mass is 15.1. The summed E-state index contributed by atoms with van der Waals surface area (Å²) in [6, 6.07) is 1.74. The van der Waals surface area contributed by atoms with Gasteiger partial charge in [0, 0.05) is 6.07 Å². The summed E-state index contributed by atoms with van der Waals surface area (Å²) in [4.78, 5) is 3.56. The Balaban J connectivity index is 2.96. The molecule has 36 valence electrons. The third-order valence-electron chi connectivity index (χ3n) is 0.656. The van der Waals surface area contributed by atoms with Gasteiger partial charge in [0.2, 0.25) is 0 Å². The van der Waals surface area contributed by atoms with Crippen molar-refractivity contribution in [1.82, 2.24) is 10.2 Å². The van der Waals surface area contributed by atoms with Crippen molar-refractivity contribution in [3.8, 4) is 0 Å². The maximum absolute atomic E-state index is 3.63. The average Bonchev–Trinajstić information content (AvgIpc) is 2.14. The SMILES string of the molecule is C=Nc1ccn[nH]1. The Morgan fingerprint density at radius 1 is 1.86 bits per heavy atom. The molecule has 0 saturated carbocycles. The molecule has 3 nitrogen and oxygen atoms in total. The molecule has 1 aromatic rings. The van der Waals surface area contributed by atoms with Crippen LogP contribution in [0.15, 0.2) is 17.3 Å². The number of aromatic nitrogens is 2. The molecule has 0 radical (unpaired) electrons. The number of hydrogen-bond donors (Lipinski definition) is 1. The van der Waals surface area contributed by atoms with Crippen LogP contribution in [-0.2, 0) is 0 Å². The molecule has 1 N–H and O–H groups in total. The molecule has 0 atom stereocenters. The molecule has 1 aromatic heterocycles. The lowest BCUT2D eigenvalue weighted by atomic mass is 10.7. The van der Waals surface area contributed by atoms with Gasteiger partial charge in [-0.15, -0.1) is 0 Å². The highest BCUT2D eigenvalue weighted by molar-refractivity contribution is 5.37. The van der Waals surface area contributed by atoms with Crippen LogP contribution in [0.1, 0.15) is 0 Å². The van der Waals surface area contributed by atoms with E-state index in [2.05, 4.69) is 21.9 Å². The van der Waals surface area contributed by atoms with Crippen molar-refractivity contribution in [3.63, 3.8) is 0 Å². The third-order valence-corrected chi connectivity index (χ3v) is 0.656. The second-order valence-corrected chi connectivity index (χ2v) is 1.10. The molecule has 1 rings (SSSR count). The van der Waals surface area contributed by atoms with Gasteiger partial charge in [-0.2, -0.15) is 5.10 Å². The molecule has 0 fully saturated rings. The number of rotatable bonds is 1. The number of nitrogens with one attached hydrogen (secondary N) is 1. The Kier molecular flexibility index (Phi) is 0.898. The van der Waals surface area contributed by atoms with Gasteiger partial charge in [0.25, 0.3) is 0 Å². The molecule has 7 heavy (non-hydrogen) atoms. The van der Waals surface area contributed by atoms with Crippen LogP contribution in [0, 0.1) is 0 Å². The zero-order chi connectivity index (χ0) is 5.11. The van der Waals surface area contributed by atoms with Crippen molar-refractivity contribution in [2.24, 2.45) is 4.99 Å². The molecule has 0 aliphatic rings. The van der Waals surface area contributed by atoms with Crippen LogP contribution >= 0.6 is 0 Å². The predicted octanol–water partition coefficient (Wildman–Crippen LogP) is 0.742. The van der Waals surface area contributed by atoms with Gasteiger partial charge in [-0.3, -0.25) is 5.10 Å². The summed E-state index contributed by atoms with van der Waals surface area (Å²) in [6.07, 6.45) is 1.63. The summed E-state index contributed by atoms with van der Waals surface area (Å²) in [6.45, 7) is 3.28. The highest BCUT2D eigenvalue weighted by Gasteiger charge is 1.79. The summed E-state index contributed by atoms with van der Waals surface area (Å²) < 4.78 is 0. The summed E-state index contributed by atoms with van der Waals surface area (Å²) >= 11 is 0. The van der Waals surface area contributed by atoms with E-state index in [4.69, 9.17) is 0 Å². The molecular formula is C4H5N3. The van der Waals surface area contributed by atoms with Gasteiger partial charge >= 0.3 is 0 Å². The fourth-order valence-electron chi connectivity index (χ4n) is 0.337. The molecule has 0 aliphatic heterocycles. The Bertz CT molecular complexity index is 142. The zero-order valence-electron chi connectivity index (χ0n) is 3.76. The van der Waals surface area contributed by atoms with Gasteiger partial charge in [-0.1, -0.05) is 0 Å². The fourth-order valence-corrected chi connectivity index (χ4v) is 0.337. The molecule has 0 unspecified atom stereocenters. The van der Waals surface area contributed by atoms with Gasteiger partial charge in [0.1, 0.15) is 5.82 Å². The maximum atomic E-state index is 3.63. The van der Waals surface area contributed by atoms with E-state index in [9.17, 15) is 0 Å². The van der Waals surface area contributed by atoms with Crippen molar-refractivity contribution in [2.75, 3.05) is 0 Å². The smallest absolute Gasteiger partial charge is 0.146 e. The third kappa shape index (κ3) is 0.652. The topological polar surface area (TPSA) is 41.0 Å². The normalized spacial score (nSPS) is 8.57. The first-order chi connectivity index (χ1) is 3.43. The first kappa shape index (κ1) is 4.05. The largest absolute Gasteiger partial charge is 0.261 e. The molecule has 0 spiro atoms. The van der Waals surface area contributed by atoms with Crippen LogP contribution in [0.25, 0.3) is 0 Å². The van der Waals surface area contributed by atoms with E-state index < -0.39 is 0 Å². The molecule has 0 aromatic carbocycles. The van der Waals surface area contributed by atoms with Crippen molar-refractivity contribution in [1.29, 1.82) is 0 Å². The molecular weight excluding hydrogens is 90.1 g/mol. The number of aliphatic imine (C=N–C) groups is 1. The Labute approximate surface area is 41.1 Å². The minimum Gasteiger partial charge on any atom is -0.261 e. The first-order valence-electron chi connectivity index (χ1n) is 1.89. The Morgan fingerprint density at radius 2 is 2.71 bits per heavy atom. The zero-order valence-corrected chi connectivity index (χ0v) is 3.76. The quantitative estimate of drug-likeness (QED) is 0.513. The minimum atomic E-state index is 0.708. The second kappa shape index (κ2) is 1.55. The predicted molar refractivity (Wildman–Crippen MR) is 27.8 cm³/mol. The standard InChI is InChI=1S/C4H5N3/c1-5-4-2-3-6-7-4/h2-3H,1H2,(H,6,7). The number of hydrogen-bond acceptors (Lipinski definition) is 2. The fraction of sp³-hybridized carbons (Fsp3) is 0. The van der Waals surface area contributed by atoms with Crippen molar-refractivity contribution in [3.05, 3.63) is 12.3 Å². The monoisotopic (exact) mass is 95.0 g/mol. The van der Waals surface area contributed by atoms with Crippen LogP contribution in [-0.4, -0.2) is 16.9 Å². The van der Waals surface area contributed by atoms with Crippen LogP contribution in [0.3, 0.4) is 0 Å². The van der Waals surface area contributed by atoms with E-state index in [1.807, 2.05) is 0 Å². The van der Waals surface area contributed by atoms with E-state index >= 15 is 0 Å². The number of H-pyrrole nitrogens is 1. The molecule has 0 bridgehead atoms. The van der Waals surface area contributed by atoms with E-state index in [0.717, 1.165) is 0 Å². The molecule has 0 aliphatic carbocycles. The maximum Gasteiger partial charge on any atom is 0.146 e. The van der Waals surface area contributed by atoms with Crippen LogP contribution < -0.4 is 0 Å². The summed E-state index contributed by atoms with van der Waals surface area (Å²) in [5, 5.41) is 6.24. The van der Waals surface area contributed by atoms with Crippen molar-refractivity contribution < 1.29 is 0 Å². The van der Waals surface area contributed by atoms with E-state index in [1.54, 1.807) is 12.3 Å². The van der Waals surface area contributed by atoms with Gasteiger partial charge in [0.05, 0.1) is 6.20 Å². The lowest BCUT2D eigenvalue weighted by Crippen LogP contribution is -1.60. The molecule has 0 amide bonds. The van der Waals surface area contributed by atoms with Crippen molar-refractivity contribution >= 4 is 12.5 Å². The lowest BCUT2D eigenvalue weighted by molar-refractivity contribution is 1.08. The van der Waals surface area contributed by atoms with Gasteiger partial charge in [-0.25, -0.2) is 4.99 Å². The van der Waals surface area contributed by atoms with E-state index in [-0.39, 0.29) is 0 Å². The van der Waals surface area contributed by atoms with Gasteiger partial charge in [0.15, 0.2) is 0 Å². The summed E-state index contributed by atoms with van der Waals surface area (Å²) in [5.74, 6) is 0.708. The second-order valence-electron chi connectivity index (χ2n) is 1.10. The van der Waals surface area contributed by atoms with Crippen LogP contribution in [0.4, 0.5) is 5.82 Å². The average molecular weight is 95.1 g/mol. The first-order valence-corrected chi connectivity index (χ1v) is 1.89. The van der Waals surface area contributed by atoms with Crippen LogP contribution in [0.2, 0.25) is 0 Å². The molecule has 3 heteroatoms. The van der Waals surface area contributed by atoms with Crippen molar-refractivity contribution in [2.45, 2.75) is 0 Å². The van der Waals surface area contributed by atoms with E-state index in [0.29, 0.717) is 5.82 Å². The van der Waals surface area contributed by atoms with Crippen LogP contribution in [0.5, 0.6) is 0 Å². The Morgan fingerprint density at radius 3 is 3.00 bits per heavy atom.